The van der Waals surface area contributed by atoms with E-state index in [0.717, 1.165) is 16.5 Å². The summed E-state index contributed by atoms with van der Waals surface area (Å²) >= 11 is 0. The summed E-state index contributed by atoms with van der Waals surface area (Å²) < 4.78 is 42.9. The maximum atomic E-state index is 12.6. The van der Waals surface area contributed by atoms with Gasteiger partial charge in [-0.05, 0) is 13.0 Å². The average molecular weight is 297 g/mol. The molecule has 0 saturated heterocycles. The van der Waals surface area contributed by atoms with E-state index >= 15 is 0 Å². The molecule has 1 N–H and O–H groups in total. The summed E-state index contributed by atoms with van der Waals surface area (Å²) in [5, 5.41) is 10.9. The Balaban J connectivity index is 2.21. The Morgan fingerprint density at radius 2 is 2.10 bits per heavy atom. The molecular weight excluding hydrogens is 287 g/mol. The molecule has 3 aromatic rings. The fourth-order valence-corrected chi connectivity index (χ4v) is 2.18. The van der Waals surface area contributed by atoms with Gasteiger partial charge in [-0.25, -0.2) is 4.98 Å². The molecule has 0 atom stereocenters. The number of benzene rings is 1. The minimum Gasteiger partial charge on any atom is -0.496 e. The number of aromatic amines is 1. The Kier molecular flexibility index (Phi) is 2.85. The second kappa shape index (κ2) is 4.47. The van der Waals surface area contributed by atoms with E-state index in [1.54, 1.807) is 19.2 Å². The maximum absolute atomic E-state index is 12.6. The van der Waals surface area contributed by atoms with Crippen LogP contribution in [0.15, 0.2) is 18.6 Å². The van der Waals surface area contributed by atoms with Crippen LogP contribution in [-0.2, 0) is 6.30 Å². The monoisotopic (exact) mass is 297 g/mol. The molecule has 110 valence electrons. The van der Waals surface area contributed by atoms with Crippen molar-refractivity contribution in [3.8, 4) is 17.1 Å². The second-order valence-electron chi connectivity index (χ2n) is 4.40. The molecule has 2 heterocycles. The van der Waals surface area contributed by atoms with Crippen molar-refractivity contribution in [1.29, 1.82) is 0 Å². The third-order valence-corrected chi connectivity index (χ3v) is 3.13. The Morgan fingerprint density at radius 3 is 2.71 bits per heavy atom. The van der Waals surface area contributed by atoms with Gasteiger partial charge in [0, 0.05) is 10.9 Å². The average Bonchev–Trinajstić information content (AvgIpc) is 3.06. The number of hydrogen-bond donors (Lipinski definition) is 1. The SMILES string of the molecule is COc1c(-c2ncn(C(F)(F)F)n2)cc2cn[nH]c2c1C. The van der Waals surface area contributed by atoms with E-state index in [0.29, 0.717) is 17.6 Å². The van der Waals surface area contributed by atoms with E-state index in [-0.39, 0.29) is 10.5 Å². The smallest absolute Gasteiger partial charge is 0.496 e. The van der Waals surface area contributed by atoms with E-state index in [1.165, 1.54) is 7.11 Å². The van der Waals surface area contributed by atoms with Gasteiger partial charge in [0.15, 0.2) is 5.82 Å². The van der Waals surface area contributed by atoms with E-state index in [4.69, 9.17) is 4.74 Å². The molecule has 0 spiro atoms. The van der Waals surface area contributed by atoms with Crippen LogP contribution in [0.3, 0.4) is 0 Å². The molecular formula is C12H10F3N5O. The Hall–Kier alpha value is -2.58. The zero-order valence-corrected chi connectivity index (χ0v) is 11.1. The lowest BCUT2D eigenvalue weighted by Crippen LogP contribution is -2.17. The lowest BCUT2D eigenvalue weighted by molar-refractivity contribution is -0.212. The van der Waals surface area contributed by atoms with E-state index in [2.05, 4.69) is 20.3 Å². The van der Waals surface area contributed by atoms with Gasteiger partial charge in [0.25, 0.3) is 0 Å². The minimum atomic E-state index is -4.60. The van der Waals surface area contributed by atoms with Crippen molar-refractivity contribution >= 4 is 10.9 Å². The topological polar surface area (TPSA) is 68.6 Å². The van der Waals surface area contributed by atoms with Crippen LogP contribution in [0, 0.1) is 6.92 Å². The molecule has 21 heavy (non-hydrogen) atoms. The highest BCUT2D eigenvalue weighted by molar-refractivity contribution is 5.90. The van der Waals surface area contributed by atoms with E-state index in [9.17, 15) is 13.2 Å². The number of nitrogens with zero attached hydrogens (tertiary/aromatic N) is 4. The van der Waals surface area contributed by atoms with E-state index < -0.39 is 6.30 Å². The molecule has 2 aromatic heterocycles. The number of methoxy groups -OCH3 is 1. The predicted octanol–water partition coefficient (Wildman–Crippen LogP) is 2.61. The van der Waals surface area contributed by atoms with Crippen LogP contribution in [0.2, 0.25) is 0 Å². The molecule has 0 aliphatic heterocycles. The van der Waals surface area contributed by atoms with Gasteiger partial charge in [-0.15, -0.1) is 18.3 Å². The van der Waals surface area contributed by atoms with Crippen LogP contribution in [0.25, 0.3) is 22.3 Å². The summed E-state index contributed by atoms with van der Waals surface area (Å²) in [5.41, 5.74) is 1.86. The van der Waals surface area contributed by atoms with Crippen LogP contribution in [-0.4, -0.2) is 32.1 Å². The van der Waals surface area contributed by atoms with Crippen molar-refractivity contribution in [3.05, 3.63) is 24.2 Å². The zero-order valence-electron chi connectivity index (χ0n) is 11.1. The van der Waals surface area contributed by atoms with Crippen molar-refractivity contribution in [1.82, 2.24) is 25.0 Å². The van der Waals surface area contributed by atoms with Gasteiger partial charge in [0.2, 0.25) is 0 Å². The fraction of sp³-hybridized carbons (Fsp3) is 0.250. The predicted molar refractivity (Wildman–Crippen MR) is 67.7 cm³/mol. The minimum absolute atomic E-state index is 0.0598. The molecule has 0 unspecified atom stereocenters. The summed E-state index contributed by atoms with van der Waals surface area (Å²) in [5.74, 6) is 0.349. The largest absolute Gasteiger partial charge is 0.505 e. The highest BCUT2D eigenvalue weighted by atomic mass is 19.4. The molecule has 0 radical (unpaired) electrons. The van der Waals surface area contributed by atoms with Crippen LogP contribution in [0.1, 0.15) is 5.56 Å². The van der Waals surface area contributed by atoms with Gasteiger partial charge in [0.05, 0.1) is 24.4 Å². The van der Waals surface area contributed by atoms with Gasteiger partial charge in [-0.1, -0.05) is 0 Å². The van der Waals surface area contributed by atoms with Crippen LogP contribution >= 0.6 is 0 Å². The van der Waals surface area contributed by atoms with Gasteiger partial charge in [-0.2, -0.15) is 9.78 Å². The van der Waals surface area contributed by atoms with Crippen LogP contribution < -0.4 is 4.74 Å². The number of H-pyrrole nitrogens is 1. The first-order chi connectivity index (χ1) is 9.91. The molecule has 9 heteroatoms. The van der Waals surface area contributed by atoms with Crippen molar-refractivity contribution in [3.63, 3.8) is 0 Å². The fourth-order valence-electron chi connectivity index (χ4n) is 2.18. The summed E-state index contributed by atoms with van der Waals surface area (Å²) in [6.07, 6.45) is -2.40. The molecule has 0 saturated carbocycles. The Labute approximate surface area is 116 Å². The molecule has 0 aliphatic carbocycles. The molecule has 6 nitrogen and oxygen atoms in total. The summed E-state index contributed by atoms with van der Waals surface area (Å²) in [7, 11) is 1.44. The molecule has 1 aromatic carbocycles. The highest BCUT2D eigenvalue weighted by Gasteiger charge is 2.32. The number of nitrogens with one attached hydrogen (secondary N) is 1. The molecule has 3 rings (SSSR count). The summed E-state index contributed by atoms with van der Waals surface area (Å²) in [6, 6.07) is 1.64. The highest BCUT2D eigenvalue weighted by Crippen LogP contribution is 2.36. The number of aryl methyl sites for hydroxylation is 1. The number of ether oxygens (including phenoxy) is 1. The molecule has 0 aliphatic rings. The third-order valence-electron chi connectivity index (χ3n) is 3.13. The quantitative estimate of drug-likeness (QED) is 0.789. The van der Waals surface area contributed by atoms with Crippen molar-refractivity contribution in [2.75, 3.05) is 7.11 Å². The standard InChI is InChI=1S/C12H10F3N5O/c1-6-9-7(4-17-18-9)3-8(10(6)21-2)11-16-5-20(19-11)12(13,14)15/h3-5H,1-2H3,(H,17,18). The van der Waals surface area contributed by atoms with Crippen LogP contribution in [0.5, 0.6) is 5.75 Å². The first-order valence-electron chi connectivity index (χ1n) is 5.91. The van der Waals surface area contributed by atoms with Crippen LogP contribution in [0.4, 0.5) is 13.2 Å². The van der Waals surface area contributed by atoms with E-state index in [1.807, 2.05) is 0 Å². The van der Waals surface area contributed by atoms with Gasteiger partial charge in [-0.3, -0.25) is 5.10 Å². The zero-order chi connectivity index (χ0) is 15.2. The third kappa shape index (κ3) is 2.10. The number of rotatable bonds is 2. The molecule has 0 amide bonds. The summed E-state index contributed by atoms with van der Waals surface area (Å²) in [6.45, 7) is 1.78. The van der Waals surface area contributed by atoms with Gasteiger partial charge in [0.1, 0.15) is 12.1 Å². The van der Waals surface area contributed by atoms with Crippen molar-refractivity contribution < 1.29 is 17.9 Å². The first kappa shape index (κ1) is 13.4. The van der Waals surface area contributed by atoms with Gasteiger partial charge < -0.3 is 4.74 Å². The lowest BCUT2D eigenvalue weighted by Gasteiger charge is -2.10. The Morgan fingerprint density at radius 1 is 1.33 bits per heavy atom. The maximum Gasteiger partial charge on any atom is 0.505 e. The van der Waals surface area contributed by atoms with Crippen molar-refractivity contribution in [2.45, 2.75) is 13.2 Å². The van der Waals surface area contributed by atoms with Crippen molar-refractivity contribution in [2.24, 2.45) is 0 Å². The molecule has 0 fully saturated rings. The number of fused-ring (bicyclic) bond motifs is 1. The summed E-state index contributed by atoms with van der Waals surface area (Å²) in [4.78, 5) is 3.72. The molecule has 0 bridgehead atoms. The normalized spacial score (nSPS) is 12.0. The second-order valence-corrected chi connectivity index (χ2v) is 4.40. The number of alkyl halides is 3. The lowest BCUT2D eigenvalue weighted by atomic mass is 10.1. The first-order valence-corrected chi connectivity index (χ1v) is 5.91. The number of hydrogen-bond acceptors (Lipinski definition) is 4. The Bertz CT molecular complexity index is 805. The number of aromatic nitrogens is 5. The number of halogens is 3. The van der Waals surface area contributed by atoms with Gasteiger partial charge >= 0.3 is 6.30 Å².